The maximum Gasteiger partial charge on any atom is 0.158 e. The van der Waals surface area contributed by atoms with E-state index in [1.54, 1.807) is 6.07 Å². The molecular weight excluding hydrogens is 244 g/mol. The molecule has 0 aromatic carbocycles. The van der Waals surface area contributed by atoms with Gasteiger partial charge in [-0.25, -0.2) is 9.97 Å². The van der Waals surface area contributed by atoms with Gasteiger partial charge in [0.2, 0.25) is 0 Å². The van der Waals surface area contributed by atoms with E-state index in [-0.39, 0.29) is 6.10 Å². The van der Waals surface area contributed by atoms with E-state index in [1.165, 1.54) is 0 Å². The Balaban J connectivity index is 2.00. The maximum absolute atomic E-state index is 5.79. The highest BCUT2D eigenvalue weighted by Crippen LogP contribution is 2.18. The van der Waals surface area contributed by atoms with Gasteiger partial charge in [0.05, 0.1) is 6.10 Å². The summed E-state index contributed by atoms with van der Waals surface area (Å²) in [6.45, 7) is 5.83. The molecule has 2 atom stereocenters. The first kappa shape index (κ1) is 14.0. The lowest BCUT2D eigenvalue weighted by Crippen LogP contribution is -2.32. The van der Waals surface area contributed by atoms with Gasteiger partial charge in [0.25, 0.3) is 0 Å². The monoisotopic (exact) mass is 266 g/mol. The molecule has 3 N–H and O–H groups in total. The van der Waals surface area contributed by atoms with Crippen LogP contribution in [0.2, 0.25) is 0 Å². The van der Waals surface area contributed by atoms with E-state index in [9.17, 15) is 0 Å². The van der Waals surface area contributed by atoms with E-state index in [2.05, 4.69) is 22.2 Å². The second-order valence-electron chi connectivity index (χ2n) is 4.78. The highest BCUT2D eigenvalue weighted by Gasteiger charge is 2.19. The summed E-state index contributed by atoms with van der Waals surface area (Å²) in [6, 6.07) is 2.13. The molecule has 0 spiro atoms. The molecule has 0 radical (unpaired) electrons. The van der Waals surface area contributed by atoms with E-state index in [0.29, 0.717) is 30.9 Å². The molecule has 0 bridgehead atoms. The Hall–Kier alpha value is -1.40. The van der Waals surface area contributed by atoms with Crippen molar-refractivity contribution in [1.82, 2.24) is 9.97 Å². The fraction of sp³-hybridized carbons (Fsp3) is 0.692. The maximum atomic E-state index is 5.79. The van der Waals surface area contributed by atoms with Crippen LogP contribution in [-0.2, 0) is 16.1 Å². The molecule has 1 saturated heterocycles. The van der Waals surface area contributed by atoms with Crippen LogP contribution in [0, 0.1) is 0 Å². The van der Waals surface area contributed by atoms with E-state index in [1.807, 2.05) is 6.92 Å². The minimum absolute atomic E-state index is 0.285. The number of ether oxygens (including phenoxy) is 2. The summed E-state index contributed by atoms with van der Waals surface area (Å²) in [5.41, 5.74) is 5.79. The quantitative estimate of drug-likeness (QED) is 0.842. The van der Waals surface area contributed by atoms with Crippen LogP contribution >= 0.6 is 0 Å². The third-order valence-corrected chi connectivity index (χ3v) is 3.06. The number of nitrogens with one attached hydrogen (secondary N) is 1. The second kappa shape index (κ2) is 6.68. The van der Waals surface area contributed by atoms with Gasteiger partial charge < -0.3 is 20.5 Å². The Morgan fingerprint density at radius 2 is 2.37 bits per heavy atom. The van der Waals surface area contributed by atoms with Gasteiger partial charge in [0.15, 0.2) is 5.82 Å². The van der Waals surface area contributed by atoms with E-state index in [4.69, 9.17) is 15.2 Å². The molecule has 19 heavy (non-hydrogen) atoms. The van der Waals surface area contributed by atoms with Crippen LogP contribution < -0.4 is 11.1 Å². The first-order valence-electron chi connectivity index (χ1n) is 6.76. The highest BCUT2D eigenvalue weighted by molar-refractivity contribution is 5.45. The van der Waals surface area contributed by atoms with Crippen LogP contribution in [0.1, 0.15) is 32.5 Å². The van der Waals surface area contributed by atoms with Crippen molar-refractivity contribution in [3.05, 3.63) is 11.9 Å². The first-order valence-corrected chi connectivity index (χ1v) is 6.76. The standard InChI is InChI=1S/C13H22N4O2/c1-3-18-8-13-16-11(14)7-12(17-13)15-10-4-5-19-9(2)6-10/h7,9-10H,3-6,8H2,1-2H3,(H3,14,15,16,17). The summed E-state index contributed by atoms with van der Waals surface area (Å²) < 4.78 is 10.8. The third-order valence-electron chi connectivity index (χ3n) is 3.06. The van der Waals surface area contributed by atoms with Crippen LogP contribution in [0.3, 0.4) is 0 Å². The van der Waals surface area contributed by atoms with Gasteiger partial charge in [-0.2, -0.15) is 0 Å². The van der Waals surface area contributed by atoms with Crippen molar-refractivity contribution in [3.8, 4) is 0 Å². The molecule has 2 rings (SSSR count). The van der Waals surface area contributed by atoms with Crippen molar-refractivity contribution in [3.63, 3.8) is 0 Å². The lowest BCUT2D eigenvalue weighted by Gasteiger charge is -2.28. The molecule has 1 fully saturated rings. The van der Waals surface area contributed by atoms with Crippen LogP contribution in [-0.4, -0.2) is 35.3 Å². The SMILES string of the molecule is CCOCc1nc(N)cc(NC2CCOC(C)C2)n1. The smallest absolute Gasteiger partial charge is 0.158 e. The lowest BCUT2D eigenvalue weighted by molar-refractivity contribution is 0.0231. The van der Waals surface area contributed by atoms with Crippen molar-refractivity contribution in [2.75, 3.05) is 24.3 Å². The number of nitrogens with two attached hydrogens (primary N) is 1. The van der Waals surface area contributed by atoms with Gasteiger partial charge in [-0.3, -0.25) is 0 Å². The summed E-state index contributed by atoms with van der Waals surface area (Å²) in [6.07, 6.45) is 2.24. The molecular formula is C13H22N4O2. The molecule has 0 saturated carbocycles. The average Bonchev–Trinajstić information content (AvgIpc) is 2.35. The zero-order valence-electron chi connectivity index (χ0n) is 11.6. The minimum atomic E-state index is 0.285. The van der Waals surface area contributed by atoms with Crippen LogP contribution in [0.15, 0.2) is 6.07 Å². The number of nitrogen functional groups attached to an aromatic ring is 1. The average molecular weight is 266 g/mol. The van der Waals surface area contributed by atoms with E-state index < -0.39 is 0 Å². The first-order chi connectivity index (χ1) is 9.17. The summed E-state index contributed by atoms with van der Waals surface area (Å²) in [5.74, 6) is 1.85. The van der Waals surface area contributed by atoms with Crippen molar-refractivity contribution < 1.29 is 9.47 Å². The predicted molar refractivity (Wildman–Crippen MR) is 73.8 cm³/mol. The predicted octanol–water partition coefficient (Wildman–Crippen LogP) is 1.57. The van der Waals surface area contributed by atoms with Crippen molar-refractivity contribution >= 4 is 11.6 Å². The molecule has 2 heterocycles. The topological polar surface area (TPSA) is 82.3 Å². The summed E-state index contributed by atoms with van der Waals surface area (Å²) in [7, 11) is 0. The minimum Gasteiger partial charge on any atom is -0.384 e. The zero-order chi connectivity index (χ0) is 13.7. The molecule has 0 amide bonds. The Labute approximate surface area is 113 Å². The molecule has 106 valence electrons. The number of hydrogen-bond donors (Lipinski definition) is 2. The fourth-order valence-electron chi connectivity index (χ4n) is 2.19. The van der Waals surface area contributed by atoms with Gasteiger partial charge >= 0.3 is 0 Å². The third kappa shape index (κ3) is 4.33. The number of aromatic nitrogens is 2. The molecule has 6 nitrogen and oxygen atoms in total. The lowest BCUT2D eigenvalue weighted by atomic mass is 10.0. The summed E-state index contributed by atoms with van der Waals surface area (Å²) in [4.78, 5) is 8.58. The van der Waals surface area contributed by atoms with Crippen LogP contribution in [0.5, 0.6) is 0 Å². The van der Waals surface area contributed by atoms with Crippen molar-refractivity contribution in [2.45, 2.75) is 45.4 Å². The number of nitrogens with zero attached hydrogens (tertiary/aromatic N) is 2. The summed E-state index contributed by atoms with van der Waals surface area (Å²) >= 11 is 0. The Bertz CT molecular complexity index is 414. The van der Waals surface area contributed by atoms with Gasteiger partial charge in [-0.15, -0.1) is 0 Å². The molecule has 6 heteroatoms. The van der Waals surface area contributed by atoms with Gasteiger partial charge in [0.1, 0.15) is 18.2 Å². The van der Waals surface area contributed by atoms with Gasteiger partial charge in [0, 0.05) is 25.3 Å². The molecule has 0 aliphatic carbocycles. The van der Waals surface area contributed by atoms with Crippen molar-refractivity contribution in [2.24, 2.45) is 0 Å². The summed E-state index contributed by atoms with van der Waals surface area (Å²) in [5, 5.41) is 3.40. The Morgan fingerprint density at radius 1 is 1.53 bits per heavy atom. The second-order valence-corrected chi connectivity index (χ2v) is 4.78. The van der Waals surface area contributed by atoms with Crippen molar-refractivity contribution in [1.29, 1.82) is 0 Å². The molecule has 1 aromatic heterocycles. The zero-order valence-corrected chi connectivity index (χ0v) is 11.6. The number of anilines is 2. The van der Waals surface area contributed by atoms with Crippen LogP contribution in [0.4, 0.5) is 11.6 Å². The van der Waals surface area contributed by atoms with Gasteiger partial charge in [-0.05, 0) is 26.7 Å². The highest BCUT2D eigenvalue weighted by atomic mass is 16.5. The molecule has 1 aromatic rings. The molecule has 1 aliphatic heterocycles. The van der Waals surface area contributed by atoms with E-state index in [0.717, 1.165) is 25.3 Å². The molecule has 1 aliphatic rings. The molecule has 2 unspecified atom stereocenters. The number of hydrogen-bond acceptors (Lipinski definition) is 6. The van der Waals surface area contributed by atoms with Crippen LogP contribution in [0.25, 0.3) is 0 Å². The number of rotatable bonds is 5. The Morgan fingerprint density at radius 3 is 3.11 bits per heavy atom. The Kier molecular flexibility index (Phi) is 4.93. The largest absolute Gasteiger partial charge is 0.384 e. The fourth-order valence-corrected chi connectivity index (χ4v) is 2.19. The van der Waals surface area contributed by atoms with E-state index >= 15 is 0 Å². The normalized spacial score (nSPS) is 23.3. The van der Waals surface area contributed by atoms with Gasteiger partial charge in [-0.1, -0.05) is 0 Å².